The Hall–Kier alpha value is -0.600. The van der Waals surface area contributed by atoms with Crippen molar-refractivity contribution < 1.29 is 5.11 Å². The van der Waals surface area contributed by atoms with Gasteiger partial charge in [0, 0.05) is 6.04 Å². The molecular formula is C11H17NO. The van der Waals surface area contributed by atoms with Crippen molar-refractivity contribution in [3.05, 3.63) is 23.3 Å². The van der Waals surface area contributed by atoms with E-state index in [-0.39, 0.29) is 6.04 Å². The fourth-order valence-electron chi connectivity index (χ4n) is 2.36. The van der Waals surface area contributed by atoms with Crippen molar-refractivity contribution in [3.8, 4) is 0 Å². The standard InChI is InChI=1S/C11H17NO/c1-6-3-4-8-9(5-6)7(2)10(12)11(8)13/h3-4,6-7,10-11,13H,5,12H2,1-2H3. The second-order valence-electron chi connectivity index (χ2n) is 4.33. The summed E-state index contributed by atoms with van der Waals surface area (Å²) in [5, 5.41) is 9.82. The van der Waals surface area contributed by atoms with Crippen LogP contribution >= 0.6 is 0 Å². The molecule has 0 aromatic rings. The van der Waals surface area contributed by atoms with E-state index in [1.54, 1.807) is 0 Å². The first-order valence-electron chi connectivity index (χ1n) is 4.96. The van der Waals surface area contributed by atoms with Crippen LogP contribution in [0.2, 0.25) is 0 Å². The summed E-state index contributed by atoms with van der Waals surface area (Å²) in [4.78, 5) is 0. The summed E-state index contributed by atoms with van der Waals surface area (Å²) in [7, 11) is 0. The van der Waals surface area contributed by atoms with Crippen LogP contribution in [0, 0.1) is 11.8 Å². The van der Waals surface area contributed by atoms with E-state index in [2.05, 4.69) is 26.0 Å². The molecule has 2 heteroatoms. The summed E-state index contributed by atoms with van der Waals surface area (Å²) < 4.78 is 0. The average molecular weight is 179 g/mol. The van der Waals surface area contributed by atoms with Crippen LogP contribution in [0.5, 0.6) is 0 Å². The van der Waals surface area contributed by atoms with Crippen molar-refractivity contribution in [2.45, 2.75) is 32.4 Å². The molecule has 0 saturated carbocycles. The Labute approximate surface area is 79.1 Å². The SMILES string of the molecule is CC1C=CC2=C(C1)C(C)C(N)C2O. The molecule has 3 N–H and O–H groups in total. The Balaban J connectivity index is 2.33. The molecule has 0 aromatic heterocycles. The third kappa shape index (κ3) is 1.25. The van der Waals surface area contributed by atoms with E-state index < -0.39 is 6.10 Å². The molecule has 13 heavy (non-hydrogen) atoms. The van der Waals surface area contributed by atoms with Crippen LogP contribution in [0.1, 0.15) is 20.3 Å². The lowest BCUT2D eigenvalue weighted by Gasteiger charge is -2.18. The Kier molecular flexibility index (Phi) is 2.05. The molecule has 0 heterocycles. The Morgan fingerprint density at radius 2 is 2.15 bits per heavy atom. The van der Waals surface area contributed by atoms with Gasteiger partial charge in [-0.05, 0) is 23.8 Å². The van der Waals surface area contributed by atoms with Crippen molar-refractivity contribution in [3.63, 3.8) is 0 Å². The minimum atomic E-state index is -0.436. The van der Waals surface area contributed by atoms with Gasteiger partial charge in [-0.15, -0.1) is 0 Å². The third-order valence-corrected chi connectivity index (χ3v) is 3.33. The van der Waals surface area contributed by atoms with Gasteiger partial charge >= 0.3 is 0 Å². The second kappa shape index (κ2) is 2.96. The number of nitrogens with two attached hydrogens (primary N) is 1. The first kappa shape index (κ1) is 8.97. The maximum atomic E-state index is 9.82. The van der Waals surface area contributed by atoms with Gasteiger partial charge in [0.2, 0.25) is 0 Å². The molecule has 0 fully saturated rings. The van der Waals surface area contributed by atoms with Crippen LogP contribution in [0.4, 0.5) is 0 Å². The normalized spacial score (nSPS) is 44.0. The van der Waals surface area contributed by atoms with Gasteiger partial charge in [0.05, 0.1) is 6.10 Å². The minimum absolute atomic E-state index is 0.0973. The third-order valence-electron chi connectivity index (χ3n) is 3.33. The Morgan fingerprint density at radius 1 is 1.46 bits per heavy atom. The van der Waals surface area contributed by atoms with E-state index in [9.17, 15) is 5.11 Å². The van der Waals surface area contributed by atoms with Crippen molar-refractivity contribution in [2.24, 2.45) is 17.6 Å². The zero-order valence-electron chi connectivity index (χ0n) is 8.20. The molecule has 0 radical (unpaired) electrons. The van der Waals surface area contributed by atoms with Gasteiger partial charge in [-0.25, -0.2) is 0 Å². The number of hydrogen-bond acceptors (Lipinski definition) is 2. The molecule has 0 aliphatic heterocycles. The second-order valence-corrected chi connectivity index (χ2v) is 4.33. The van der Waals surface area contributed by atoms with Crippen LogP contribution in [0.3, 0.4) is 0 Å². The topological polar surface area (TPSA) is 46.2 Å². The van der Waals surface area contributed by atoms with Crippen LogP contribution < -0.4 is 5.73 Å². The molecule has 2 nitrogen and oxygen atoms in total. The molecule has 4 unspecified atom stereocenters. The summed E-state index contributed by atoms with van der Waals surface area (Å²) in [6, 6.07) is -0.0973. The summed E-state index contributed by atoms with van der Waals surface area (Å²) >= 11 is 0. The highest BCUT2D eigenvalue weighted by Crippen LogP contribution is 2.38. The van der Waals surface area contributed by atoms with E-state index in [1.165, 1.54) is 5.57 Å². The summed E-state index contributed by atoms with van der Waals surface area (Å²) in [6.07, 6.45) is 4.84. The van der Waals surface area contributed by atoms with Gasteiger partial charge in [0.1, 0.15) is 0 Å². The number of aliphatic hydroxyl groups excluding tert-OH is 1. The quantitative estimate of drug-likeness (QED) is 0.587. The van der Waals surface area contributed by atoms with Gasteiger partial charge in [-0.2, -0.15) is 0 Å². The summed E-state index contributed by atoms with van der Waals surface area (Å²) in [6.45, 7) is 4.31. The van der Waals surface area contributed by atoms with Gasteiger partial charge in [-0.3, -0.25) is 0 Å². The highest BCUT2D eigenvalue weighted by Gasteiger charge is 2.37. The smallest absolute Gasteiger partial charge is 0.0946 e. The van der Waals surface area contributed by atoms with Gasteiger partial charge < -0.3 is 10.8 Å². The van der Waals surface area contributed by atoms with Crippen LogP contribution in [0.25, 0.3) is 0 Å². The molecule has 0 aromatic carbocycles. The largest absolute Gasteiger partial charge is 0.387 e. The summed E-state index contributed by atoms with van der Waals surface area (Å²) in [5.74, 6) is 0.941. The fourth-order valence-corrected chi connectivity index (χ4v) is 2.36. The van der Waals surface area contributed by atoms with Crippen molar-refractivity contribution >= 4 is 0 Å². The molecule has 2 rings (SSSR count). The predicted octanol–water partition coefficient (Wildman–Crippen LogP) is 1.22. The lowest BCUT2D eigenvalue weighted by Crippen LogP contribution is -2.35. The molecule has 2 aliphatic carbocycles. The molecular weight excluding hydrogens is 162 g/mol. The highest BCUT2D eigenvalue weighted by atomic mass is 16.3. The fraction of sp³-hybridized carbons (Fsp3) is 0.636. The van der Waals surface area contributed by atoms with E-state index >= 15 is 0 Å². The number of aliphatic hydroxyl groups is 1. The van der Waals surface area contributed by atoms with Crippen LogP contribution in [-0.4, -0.2) is 17.3 Å². The van der Waals surface area contributed by atoms with Crippen molar-refractivity contribution in [1.82, 2.24) is 0 Å². The van der Waals surface area contributed by atoms with Crippen molar-refractivity contribution in [2.75, 3.05) is 0 Å². The molecule has 0 spiro atoms. The molecule has 0 amide bonds. The van der Waals surface area contributed by atoms with Gasteiger partial charge in [0.25, 0.3) is 0 Å². The lowest BCUT2D eigenvalue weighted by molar-refractivity contribution is 0.181. The zero-order chi connectivity index (χ0) is 9.59. The zero-order valence-corrected chi connectivity index (χ0v) is 8.20. The molecule has 0 bridgehead atoms. The van der Waals surface area contributed by atoms with Crippen LogP contribution in [-0.2, 0) is 0 Å². The average Bonchev–Trinajstić information content (AvgIpc) is 2.32. The highest BCUT2D eigenvalue weighted by molar-refractivity contribution is 5.41. The van der Waals surface area contributed by atoms with E-state index in [1.807, 2.05) is 0 Å². The van der Waals surface area contributed by atoms with Gasteiger partial charge in [0.15, 0.2) is 0 Å². The first-order valence-corrected chi connectivity index (χ1v) is 4.96. The van der Waals surface area contributed by atoms with E-state index in [0.29, 0.717) is 11.8 Å². The monoisotopic (exact) mass is 179 g/mol. The minimum Gasteiger partial charge on any atom is -0.387 e. The maximum absolute atomic E-state index is 9.82. The number of rotatable bonds is 0. The van der Waals surface area contributed by atoms with Crippen molar-refractivity contribution in [1.29, 1.82) is 0 Å². The first-order chi connectivity index (χ1) is 6.11. The van der Waals surface area contributed by atoms with Gasteiger partial charge in [-0.1, -0.05) is 31.6 Å². The maximum Gasteiger partial charge on any atom is 0.0946 e. The number of allylic oxidation sites excluding steroid dienone is 1. The predicted molar refractivity (Wildman–Crippen MR) is 53.1 cm³/mol. The molecule has 72 valence electrons. The lowest BCUT2D eigenvalue weighted by atomic mass is 9.88. The summed E-state index contributed by atoms with van der Waals surface area (Å²) in [5.41, 5.74) is 8.35. The Bertz CT molecular complexity index is 280. The molecule has 0 saturated heterocycles. The van der Waals surface area contributed by atoms with Crippen LogP contribution in [0.15, 0.2) is 23.3 Å². The molecule has 4 atom stereocenters. The Morgan fingerprint density at radius 3 is 2.85 bits per heavy atom. The van der Waals surface area contributed by atoms with E-state index in [0.717, 1.165) is 12.0 Å². The molecule has 2 aliphatic rings. The van der Waals surface area contributed by atoms with E-state index in [4.69, 9.17) is 5.73 Å². The number of hydrogen-bond donors (Lipinski definition) is 2.